The van der Waals surface area contributed by atoms with Gasteiger partial charge in [0.1, 0.15) is 0 Å². The van der Waals surface area contributed by atoms with Crippen molar-refractivity contribution >= 4 is 17.7 Å². The van der Waals surface area contributed by atoms with E-state index in [1.165, 1.54) is 0 Å². The van der Waals surface area contributed by atoms with E-state index < -0.39 is 23.9 Å². The molecule has 1 aliphatic heterocycles. The number of nitrogens with zero attached hydrogens (tertiary/aromatic N) is 1. The van der Waals surface area contributed by atoms with Gasteiger partial charge >= 0.3 is 11.9 Å². The first-order chi connectivity index (χ1) is 10.2. The fourth-order valence-corrected chi connectivity index (χ4v) is 2.25. The van der Waals surface area contributed by atoms with E-state index in [1.54, 1.807) is 13.8 Å². The second-order valence-electron chi connectivity index (χ2n) is 4.46. The first-order valence-corrected chi connectivity index (χ1v) is 6.90. The average Bonchev–Trinajstić information content (AvgIpc) is 2.93. The molecule has 0 saturated heterocycles. The fourth-order valence-electron chi connectivity index (χ4n) is 2.25. The highest BCUT2D eigenvalue weighted by Crippen LogP contribution is 2.27. The molecule has 2 rings (SSSR count). The molecule has 112 valence electrons. The van der Waals surface area contributed by atoms with Crippen LogP contribution in [0.25, 0.3) is 0 Å². The highest BCUT2D eigenvalue weighted by Gasteiger charge is 2.42. The van der Waals surface area contributed by atoms with Crippen LogP contribution in [0.15, 0.2) is 35.4 Å². The van der Waals surface area contributed by atoms with Crippen LogP contribution in [0.3, 0.4) is 0 Å². The van der Waals surface area contributed by atoms with Crippen molar-refractivity contribution in [1.29, 1.82) is 0 Å². The van der Waals surface area contributed by atoms with Crippen LogP contribution in [0.4, 0.5) is 0 Å². The molecule has 1 aromatic carbocycles. The lowest BCUT2D eigenvalue weighted by molar-refractivity contribution is -0.145. The maximum absolute atomic E-state index is 12.0. The molecule has 2 atom stereocenters. The highest BCUT2D eigenvalue weighted by atomic mass is 16.5. The Morgan fingerprint density at radius 2 is 1.81 bits per heavy atom. The zero-order chi connectivity index (χ0) is 15.2. The third-order valence-electron chi connectivity index (χ3n) is 3.14. The summed E-state index contributed by atoms with van der Waals surface area (Å²) in [6.07, 6.45) is 0. The summed E-state index contributed by atoms with van der Waals surface area (Å²) < 4.78 is 10.0. The normalized spacial score (nSPS) is 20.4. The summed E-state index contributed by atoms with van der Waals surface area (Å²) in [4.78, 5) is 24.1. The van der Waals surface area contributed by atoms with E-state index >= 15 is 0 Å². The summed E-state index contributed by atoms with van der Waals surface area (Å²) in [5.74, 6) is -1.47. The van der Waals surface area contributed by atoms with Gasteiger partial charge in [-0.25, -0.2) is 9.59 Å². The van der Waals surface area contributed by atoms with Crippen molar-refractivity contribution < 1.29 is 19.1 Å². The summed E-state index contributed by atoms with van der Waals surface area (Å²) in [6.45, 7) is 3.98. The van der Waals surface area contributed by atoms with Gasteiger partial charge in [0.2, 0.25) is 0 Å². The van der Waals surface area contributed by atoms with Crippen molar-refractivity contribution in [3.63, 3.8) is 0 Å². The van der Waals surface area contributed by atoms with Gasteiger partial charge in [0.15, 0.2) is 11.8 Å². The summed E-state index contributed by atoms with van der Waals surface area (Å²) in [6, 6.07) is 8.54. The molecule has 1 aliphatic rings. The Labute approximate surface area is 123 Å². The molecule has 0 fully saturated rings. The number of hydrogen-bond acceptors (Lipinski definition) is 6. The van der Waals surface area contributed by atoms with Crippen LogP contribution in [-0.4, -0.2) is 36.9 Å². The Hall–Kier alpha value is -2.37. The van der Waals surface area contributed by atoms with Crippen LogP contribution in [0.2, 0.25) is 0 Å². The largest absolute Gasteiger partial charge is 0.464 e. The van der Waals surface area contributed by atoms with Gasteiger partial charge in [-0.3, -0.25) is 5.43 Å². The second kappa shape index (κ2) is 6.88. The third-order valence-corrected chi connectivity index (χ3v) is 3.14. The summed E-state index contributed by atoms with van der Waals surface area (Å²) >= 11 is 0. The highest BCUT2D eigenvalue weighted by molar-refractivity contribution is 6.39. The Bertz CT molecular complexity index is 542. The Morgan fingerprint density at radius 3 is 2.43 bits per heavy atom. The number of rotatable bonds is 5. The number of carbonyl (C=O) groups excluding carboxylic acids is 2. The van der Waals surface area contributed by atoms with Crippen molar-refractivity contribution in [1.82, 2.24) is 5.43 Å². The molecule has 21 heavy (non-hydrogen) atoms. The monoisotopic (exact) mass is 290 g/mol. The molecule has 0 aliphatic carbocycles. The van der Waals surface area contributed by atoms with Gasteiger partial charge in [-0.05, 0) is 19.4 Å². The molecule has 0 radical (unpaired) electrons. The van der Waals surface area contributed by atoms with Crippen molar-refractivity contribution in [3.05, 3.63) is 35.9 Å². The minimum atomic E-state index is -0.716. The number of benzene rings is 1. The van der Waals surface area contributed by atoms with Gasteiger partial charge < -0.3 is 9.47 Å². The Kier molecular flexibility index (Phi) is 4.92. The SMILES string of the molecule is CCOC(=O)C1=NNC(C(=O)OCC)C1c1ccccc1. The molecule has 1 aromatic rings. The predicted molar refractivity (Wildman–Crippen MR) is 76.8 cm³/mol. The molecule has 6 heteroatoms. The predicted octanol–water partition coefficient (Wildman–Crippen LogP) is 1.22. The first kappa shape index (κ1) is 15.0. The van der Waals surface area contributed by atoms with Gasteiger partial charge in [-0.2, -0.15) is 5.10 Å². The number of hydrogen-bond donors (Lipinski definition) is 1. The van der Waals surface area contributed by atoms with E-state index in [4.69, 9.17) is 9.47 Å². The number of ether oxygens (including phenoxy) is 2. The maximum Gasteiger partial charge on any atom is 0.355 e. The summed E-state index contributed by atoms with van der Waals surface area (Å²) in [7, 11) is 0. The minimum Gasteiger partial charge on any atom is -0.464 e. The molecule has 2 unspecified atom stereocenters. The van der Waals surface area contributed by atoms with E-state index in [0.717, 1.165) is 5.56 Å². The molecule has 0 amide bonds. The van der Waals surface area contributed by atoms with Gasteiger partial charge in [-0.1, -0.05) is 30.3 Å². The molecule has 0 spiro atoms. The zero-order valence-electron chi connectivity index (χ0n) is 12.0. The molecular weight excluding hydrogens is 272 g/mol. The van der Waals surface area contributed by atoms with E-state index in [1.807, 2.05) is 30.3 Å². The fraction of sp³-hybridized carbons (Fsp3) is 0.400. The number of esters is 2. The zero-order valence-corrected chi connectivity index (χ0v) is 12.0. The van der Waals surface area contributed by atoms with E-state index in [-0.39, 0.29) is 18.9 Å². The van der Waals surface area contributed by atoms with Crippen molar-refractivity contribution in [2.24, 2.45) is 5.10 Å². The van der Waals surface area contributed by atoms with E-state index in [2.05, 4.69) is 10.5 Å². The molecular formula is C15H18N2O4. The van der Waals surface area contributed by atoms with E-state index in [0.29, 0.717) is 0 Å². The molecule has 6 nitrogen and oxygen atoms in total. The lowest BCUT2D eigenvalue weighted by atomic mass is 9.88. The lowest BCUT2D eigenvalue weighted by Crippen LogP contribution is -2.39. The number of carbonyl (C=O) groups is 2. The topological polar surface area (TPSA) is 77.0 Å². The van der Waals surface area contributed by atoms with E-state index in [9.17, 15) is 9.59 Å². The molecule has 0 aromatic heterocycles. The van der Waals surface area contributed by atoms with Crippen molar-refractivity contribution in [2.75, 3.05) is 13.2 Å². The van der Waals surface area contributed by atoms with Gasteiger partial charge in [0.05, 0.1) is 19.1 Å². The van der Waals surface area contributed by atoms with Crippen LogP contribution in [0.1, 0.15) is 25.3 Å². The quantitative estimate of drug-likeness (QED) is 0.825. The van der Waals surface area contributed by atoms with Crippen molar-refractivity contribution in [3.8, 4) is 0 Å². The average molecular weight is 290 g/mol. The van der Waals surface area contributed by atoms with Crippen LogP contribution in [-0.2, 0) is 19.1 Å². The smallest absolute Gasteiger partial charge is 0.355 e. The third kappa shape index (κ3) is 3.21. The Balaban J connectivity index is 2.30. The Morgan fingerprint density at radius 1 is 1.14 bits per heavy atom. The minimum absolute atomic E-state index is 0.195. The summed E-state index contributed by atoms with van der Waals surface area (Å²) in [5, 5.41) is 3.99. The standard InChI is InChI=1S/C15H18N2O4/c1-3-20-14(18)12-11(10-8-6-5-7-9-10)13(17-16-12)15(19)21-4-2/h5-9,11-12,16H,3-4H2,1-2H3. The van der Waals surface area contributed by atoms with Crippen LogP contribution in [0.5, 0.6) is 0 Å². The molecule has 0 saturated carbocycles. The van der Waals surface area contributed by atoms with Gasteiger partial charge in [-0.15, -0.1) is 0 Å². The first-order valence-electron chi connectivity index (χ1n) is 6.90. The lowest BCUT2D eigenvalue weighted by Gasteiger charge is -2.19. The second-order valence-corrected chi connectivity index (χ2v) is 4.46. The number of hydrazone groups is 1. The molecule has 1 heterocycles. The van der Waals surface area contributed by atoms with Crippen LogP contribution in [0, 0.1) is 0 Å². The molecule has 0 bridgehead atoms. The van der Waals surface area contributed by atoms with Crippen LogP contribution >= 0.6 is 0 Å². The van der Waals surface area contributed by atoms with Crippen molar-refractivity contribution in [2.45, 2.75) is 25.8 Å². The molecule has 1 N–H and O–H groups in total. The van der Waals surface area contributed by atoms with Gasteiger partial charge in [0, 0.05) is 0 Å². The summed E-state index contributed by atoms with van der Waals surface area (Å²) in [5.41, 5.74) is 3.70. The maximum atomic E-state index is 12.0. The number of nitrogens with one attached hydrogen (secondary N) is 1. The van der Waals surface area contributed by atoms with Crippen LogP contribution < -0.4 is 5.43 Å². The van der Waals surface area contributed by atoms with Gasteiger partial charge in [0.25, 0.3) is 0 Å².